The summed E-state index contributed by atoms with van der Waals surface area (Å²) in [5.41, 5.74) is 7.03. The molecule has 0 aliphatic heterocycles. The van der Waals surface area contributed by atoms with Crippen LogP contribution >= 0.6 is 0 Å². The summed E-state index contributed by atoms with van der Waals surface area (Å²) in [6.45, 7) is 7.70. The van der Waals surface area contributed by atoms with Crippen molar-refractivity contribution >= 4 is 17.2 Å². The highest BCUT2D eigenvalue weighted by Crippen LogP contribution is 2.30. The summed E-state index contributed by atoms with van der Waals surface area (Å²) < 4.78 is 43.4. The summed E-state index contributed by atoms with van der Waals surface area (Å²) in [5.74, 6) is 6.11. The summed E-state index contributed by atoms with van der Waals surface area (Å²) in [4.78, 5) is 0. The van der Waals surface area contributed by atoms with E-state index in [-0.39, 0.29) is 18.0 Å². The van der Waals surface area contributed by atoms with E-state index >= 15 is 0 Å². The molecule has 30 heavy (non-hydrogen) atoms. The quantitative estimate of drug-likeness (QED) is 0.259. The van der Waals surface area contributed by atoms with Crippen LogP contribution in [0, 0.1) is 0 Å². The number of hydrogen-bond donors (Lipinski definition) is 3. The second kappa shape index (κ2) is 11.4. The van der Waals surface area contributed by atoms with Gasteiger partial charge in [0.25, 0.3) is 0 Å². The molecule has 0 amide bonds. The summed E-state index contributed by atoms with van der Waals surface area (Å²) in [5, 5.41) is 8.48. The van der Waals surface area contributed by atoms with Crippen LogP contribution < -0.4 is 16.9 Å². The van der Waals surface area contributed by atoms with Crippen LogP contribution in [0.15, 0.2) is 53.6 Å². The highest BCUT2D eigenvalue weighted by Gasteiger charge is 2.30. The molecule has 0 saturated carbocycles. The molecule has 0 saturated heterocycles. The predicted molar refractivity (Wildman–Crippen MR) is 115 cm³/mol. The molecule has 2 unspecified atom stereocenters. The van der Waals surface area contributed by atoms with Gasteiger partial charge in [-0.2, -0.15) is 13.2 Å². The van der Waals surface area contributed by atoms with Crippen LogP contribution in [0.4, 0.5) is 24.5 Å². The van der Waals surface area contributed by atoms with Crippen LogP contribution in [0.1, 0.15) is 38.8 Å². The number of nitrogens with two attached hydrogens (primary N) is 2. The average molecular weight is 425 g/mol. The molecule has 0 aromatic heterocycles. The third-order valence-corrected chi connectivity index (χ3v) is 4.39. The Kier molecular flexibility index (Phi) is 9.61. The number of benzene rings is 2. The first-order valence-electron chi connectivity index (χ1n) is 9.58. The van der Waals surface area contributed by atoms with Crippen LogP contribution in [0.2, 0.25) is 0 Å². The molecule has 5 N–H and O–H groups in total. The second-order valence-electron chi connectivity index (χ2n) is 6.29. The van der Waals surface area contributed by atoms with Crippen molar-refractivity contribution in [1.82, 2.24) is 5.12 Å². The normalized spacial score (nSPS) is 13.7. The van der Waals surface area contributed by atoms with Gasteiger partial charge in [-0.3, -0.25) is 0 Å². The first-order valence-corrected chi connectivity index (χ1v) is 9.58. The molecule has 2 aromatic carbocycles. The van der Waals surface area contributed by atoms with Crippen molar-refractivity contribution in [2.75, 3.05) is 12.4 Å². The minimum atomic E-state index is -4.38. The Bertz CT molecular complexity index is 809. The zero-order valence-corrected chi connectivity index (χ0v) is 17.9. The Hall–Kier alpha value is -2.78. The first kappa shape index (κ1) is 25.3. The monoisotopic (exact) mass is 425 g/mol. The van der Waals surface area contributed by atoms with Gasteiger partial charge < -0.3 is 15.8 Å². The van der Waals surface area contributed by atoms with Gasteiger partial charge in [0, 0.05) is 24.0 Å². The number of rotatable bonds is 7. The van der Waals surface area contributed by atoms with Crippen molar-refractivity contribution in [2.24, 2.45) is 16.7 Å². The van der Waals surface area contributed by atoms with Gasteiger partial charge in [-0.1, -0.05) is 26.0 Å². The van der Waals surface area contributed by atoms with Crippen molar-refractivity contribution in [3.63, 3.8) is 0 Å². The molecular weight excluding hydrogens is 395 g/mol. The fourth-order valence-corrected chi connectivity index (χ4v) is 2.39. The van der Waals surface area contributed by atoms with E-state index in [0.717, 1.165) is 12.1 Å². The Labute approximate surface area is 175 Å². The number of ether oxygens (including phenoxy) is 1. The maximum Gasteiger partial charge on any atom is 0.416 e. The van der Waals surface area contributed by atoms with E-state index in [1.807, 2.05) is 27.7 Å². The van der Waals surface area contributed by atoms with Gasteiger partial charge in [0.2, 0.25) is 0 Å². The number of alkyl halides is 3. The number of hydrazine groups is 1. The summed E-state index contributed by atoms with van der Waals surface area (Å²) in [7, 11) is 1.57. The minimum absolute atomic E-state index is 0.160. The zero-order valence-electron chi connectivity index (χ0n) is 17.9. The molecule has 166 valence electrons. The Morgan fingerprint density at radius 2 is 1.63 bits per heavy atom. The predicted octanol–water partition coefficient (Wildman–Crippen LogP) is 4.69. The number of hydrogen-bond acceptors (Lipinski definition) is 5. The van der Waals surface area contributed by atoms with E-state index in [1.54, 1.807) is 31.4 Å². The van der Waals surface area contributed by atoms with Gasteiger partial charge in [-0.15, -0.1) is 5.10 Å². The van der Waals surface area contributed by atoms with Crippen molar-refractivity contribution in [2.45, 2.75) is 46.0 Å². The summed E-state index contributed by atoms with van der Waals surface area (Å²) in [6, 6.07) is 11.5. The average Bonchev–Trinajstić information content (AvgIpc) is 2.74. The molecule has 0 fully saturated rings. The minimum Gasteiger partial charge on any atom is -0.382 e. The molecule has 6 nitrogen and oxygen atoms in total. The molecule has 2 atom stereocenters. The molecular formula is C21H30F3N5O. The summed E-state index contributed by atoms with van der Waals surface area (Å²) >= 11 is 0. The number of hydrazone groups is 1. The lowest BCUT2D eigenvalue weighted by atomic mass is 10.1. The number of nitrogens with zero attached hydrogens (tertiary/aromatic N) is 2. The molecule has 0 spiro atoms. The second-order valence-corrected chi connectivity index (χ2v) is 6.29. The van der Waals surface area contributed by atoms with Crippen LogP contribution in [-0.4, -0.2) is 30.2 Å². The molecule has 0 aliphatic carbocycles. The molecule has 9 heteroatoms. The zero-order chi connectivity index (χ0) is 22.9. The van der Waals surface area contributed by atoms with Crippen molar-refractivity contribution in [1.29, 1.82) is 0 Å². The largest absolute Gasteiger partial charge is 0.416 e. The van der Waals surface area contributed by atoms with Crippen LogP contribution in [-0.2, 0) is 10.9 Å². The topological polar surface area (TPSA) is 88.9 Å². The van der Waals surface area contributed by atoms with Gasteiger partial charge >= 0.3 is 6.18 Å². The lowest BCUT2D eigenvalue weighted by Gasteiger charge is -2.26. The van der Waals surface area contributed by atoms with Crippen LogP contribution in [0.5, 0.6) is 0 Å². The molecule has 2 aromatic rings. The number of amidine groups is 1. The Morgan fingerprint density at radius 1 is 1.07 bits per heavy atom. The van der Waals surface area contributed by atoms with Gasteiger partial charge in [0.15, 0.2) is 5.84 Å². The first-order chi connectivity index (χ1) is 14.1. The van der Waals surface area contributed by atoms with E-state index in [2.05, 4.69) is 10.4 Å². The fraction of sp³-hybridized carbons (Fsp3) is 0.381. The van der Waals surface area contributed by atoms with E-state index < -0.39 is 11.7 Å². The highest BCUT2D eigenvalue weighted by atomic mass is 19.4. The van der Waals surface area contributed by atoms with E-state index in [1.165, 1.54) is 17.3 Å². The number of methoxy groups -OCH3 is 1. The van der Waals surface area contributed by atoms with E-state index in [4.69, 9.17) is 16.3 Å². The van der Waals surface area contributed by atoms with Gasteiger partial charge in [-0.25, -0.2) is 11.0 Å². The smallest absolute Gasteiger partial charge is 0.382 e. The molecule has 0 bridgehead atoms. The number of halogens is 3. The van der Waals surface area contributed by atoms with E-state index in [0.29, 0.717) is 16.9 Å². The Balaban J connectivity index is 0.00000218. The Morgan fingerprint density at radius 3 is 2.17 bits per heavy atom. The van der Waals surface area contributed by atoms with Gasteiger partial charge in [-0.05, 0) is 50.2 Å². The maximum absolute atomic E-state index is 12.7. The van der Waals surface area contributed by atoms with Crippen LogP contribution in [0.3, 0.4) is 0 Å². The molecule has 0 heterocycles. The SMILES string of the molecule is CC.COC(C)C(C)N(N)/N=C(\N)c1ccccc1Nc1ccc(C(F)(F)F)cc1. The highest BCUT2D eigenvalue weighted by molar-refractivity contribution is 6.02. The van der Waals surface area contributed by atoms with Crippen molar-refractivity contribution < 1.29 is 17.9 Å². The molecule has 2 rings (SSSR count). The fourth-order valence-electron chi connectivity index (χ4n) is 2.39. The number of para-hydroxylation sites is 1. The third-order valence-electron chi connectivity index (χ3n) is 4.39. The maximum atomic E-state index is 12.7. The number of nitrogens with one attached hydrogen (secondary N) is 1. The van der Waals surface area contributed by atoms with Crippen molar-refractivity contribution in [3.8, 4) is 0 Å². The third kappa shape index (κ3) is 6.93. The molecule has 0 aliphatic rings. The van der Waals surface area contributed by atoms with Gasteiger partial charge in [0.1, 0.15) is 0 Å². The van der Waals surface area contributed by atoms with Gasteiger partial charge in [0.05, 0.1) is 17.7 Å². The molecule has 0 radical (unpaired) electrons. The standard InChI is InChI=1S/C19H24F3N5O.C2H6/c1-12(13(2)28-3)27(24)26-18(23)16-6-4-5-7-17(16)25-15-10-8-14(9-11-15)19(20,21)22;1-2/h4-13,25H,24H2,1-3H3,(H2,23,26);1-2H3. The van der Waals surface area contributed by atoms with Crippen LogP contribution in [0.25, 0.3) is 0 Å². The van der Waals surface area contributed by atoms with Crippen molar-refractivity contribution in [3.05, 3.63) is 59.7 Å². The summed E-state index contributed by atoms with van der Waals surface area (Å²) in [6.07, 6.45) is -4.55. The number of anilines is 2. The lowest BCUT2D eigenvalue weighted by molar-refractivity contribution is -0.137. The lowest BCUT2D eigenvalue weighted by Crippen LogP contribution is -2.43. The van der Waals surface area contributed by atoms with E-state index in [9.17, 15) is 13.2 Å².